The summed E-state index contributed by atoms with van der Waals surface area (Å²) in [5.74, 6) is 0.460. The average Bonchev–Trinajstić information content (AvgIpc) is 2.49. The van der Waals surface area contributed by atoms with Crippen LogP contribution in [0, 0.1) is 16.5 Å². The molecule has 0 spiro atoms. The summed E-state index contributed by atoms with van der Waals surface area (Å²) < 4.78 is 16.7. The lowest BCUT2D eigenvalue weighted by molar-refractivity contribution is 0.278. The maximum atomic E-state index is 13.6. The van der Waals surface area contributed by atoms with Gasteiger partial charge in [0.2, 0.25) is 0 Å². The molecule has 1 aliphatic carbocycles. The summed E-state index contributed by atoms with van der Waals surface area (Å²) in [5.41, 5.74) is 1.75. The van der Waals surface area contributed by atoms with E-state index in [0.29, 0.717) is 15.2 Å². The molecule has 3 rings (SSSR count). The Morgan fingerprint density at radius 1 is 1.47 bits per heavy atom. The van der Waals surface area contributed by atoms with Gasteiger partial charge in [-0.3, -0.25) is 0 Å². The molecule has 17 heavy (non-hydrogen) atoms. The number of hydrogen-bond acceptors (Lipinski definition) is 1. The molecular formula is C12H12BrFN2S. The zero-order chi connectivity index (χ0) is 12.0. The van der Waals surface area contributed by atoms with Gasteiger partial charge in [0.25, 0.3) is 0 Å². The summed E-state index contributed by atoms with van der Waals surface area (Å²) in [7, 11) is 0. The zero-order valence-electron chi connectivity index (χ0n) is 9.17. The van der Waals surface area contributed by atoms with Crippen LogP contribution in [0.25, 0.3) is 11.0 Å². The maximum Gasteiger partial charge on any atom is 0.178 e. The van der Waals surface area contributed by atoms with Gasteiger partial charge < -0.3 is 9.55 Å². The van der Waals surface area contributed by atoms with Gasteiger partial charge in [0.05, 0.1) is 15.5 Å². The summed E-state index contributed by atoms with van der Waals surface area (Å²) in [6, 6.07) is 3.29. The van der Waals surface area contributed by atoms with E-state index in [1.807, 2.05) is 4.57 Å². The first-order chi connectivity index (χ1) is 8.15. The lowest BCUT2D eigenvalue weighted by Crippen LogP contribution is -2.18. The van der Waals surface area contributed by atoms with Crippen LogP contribution in [-0.4, -0.2) is 9.55 Å². The quantitative estimate of drug-likeness (QED) is 0.815. The Balaban J connectivity index is 2.12. The number of aromatic nitrogens is 2. The summed E-state index contributed by atoms with van der Waals surface area (Å²) in [5, 5.41) is 0. The van der Waals surface area contributed by atoms with Crippen LogP contribution in [-0.2, 0) is 6.54 Å². The third-order valence-corrected chi connectivity index (χ3v) is 4.41. The fraction of sp³-hybridized carbons (Fsp3) is 0.417. The van der Waals surface area contributed by atoms with Crippen molar-refractivity contribution >= 4 is 39.2 Å². The molecule has 1 aliphatic rings. The van der Waals surface area contributed by atoms with Crippen molar-refractivity contribution in [2.24, 2.45) is 5.92 Å². The van der Waals surface area contributed by atoms with E-state index < -0.39 is 0 Å². The molecule has 90 valence electrons. The Morgan fingerprint density at radius 3 is 2.88 bits per heavy atom. The van der Waals surface area contributed by atoms with Gasteiger partial charge >= 0.3 is 0 Å². The minimum atomic E-state index is -0.242. The molecule has 1 aromatic carbocycles. The second-order valence-corrected chi connectivity index (χ2v) is 5.86. The maximum absolute atomic E-state index is 13.6. The average molecular weight is 315 g/mol. The normalized spacial score (nSPS) is 16.4. The van der Waals surface area contributed by atoms with Crippen LogP contribution in [0.5, 0.6) is 0 Å². The van der Waals surface area contributed by atoms with E-state index in [4.69, 9.17) is 12.2 Å². The van der Waals surface area contributed by atoms with Crippen molar-refractivity contribution < 1.29 is 4.39 Å². The number of rotatable bonds is 2. The number of nitrogens with one attached hydrogen (secondary N) is 1. The van der Waals surface area contributed by atoms with Gasteiger partial charge in [0.15, 0.2) is 4.77 Å². The van der Waals surface area contributed by atoms with Gasteiger partial charge in [0.1, 0.15) is 5.82 Å². The van der Waals surface area contributed by atoms with E-state index in [1.165, 1.54) is 19.3 Å². The number of nitrogens with zero attached hydrogens (tertiary/aromatic N) is 1. The molecule has 5 heteroatoms. The predicted molar refractivity (Wildman–Crippen MR) is 72.1 cm³/mol. The molecule has 0 aliphatic heterocycles. The van der Waals surface area contributed by atoms with Gasteiger partial charge in [-0.1, -0.05) is 6.42 Å². The Labute approximate surface area is 112 Å². The number of imidazole rings is 1. The Bertz CT molecular complexity index is 627. The van der Waals surface area contributed by atoms with Crippen molar-refractivity contribution in [1.82, 2.24) is 9.55 Å². The van der Waals surface area contributed by atoms with E-state index in [-0.39, 0.29) is 5.82 Å². The number of H-pyrrole nitrogens is 1. The molecule has 2 aromatic rings. The number of aromatic amines is 1. The van der Waals surface area contributed by atoms with Crippen LogP contribution in [0.1, 0.15) is 19.3 Å². The zero-order valence-corrected chi connectivity index (χ0v) is 11.6. The lowest BCUT2D eigenvalue weighted by atomic mass is 9.85. The molecule has 0 atom stereocenters. The molecule has 0 unspecified atom stereocenters. The van der Waals surface area contributed by atoms with E-state index >= 15 is 0 Å². The summed E-state index contributed by atoms with van der Waals surface area (Å²) >= 11 is 8.49. The number of halogens is 2. The highest BCUT2D eigenvalue weighted by atomic mass is 79.9. The van der Waals surface area contributed by atoms with Gasteiger partial charge in [-0.25, -0.2) is 4.39 Å². The first kappa shape index (κ1) is 11.4. The second kappa shape index (κ2) is 4.21. The van der Waals surface area contributed by atoms with Crippen molar-refractivity contribution in [3.63, 3.8) is 0 Å². The van der Waals surface area contributed by atoms with Gasteiger partial charge in [0, 0.05) is 12.6 Å². The van der Waals surface area contributed by atoms with Crippen molar-refractivity contribution in [1.29, 1.82) is 0 Å². The number of hydrogen-bond donors (Lipinski definition) is 1. The Kier molecular flexibility index (Phi) is 2.83. The minimum Gasteiger partial charge on any atom is -0.331 e. The highest BCUT2D eigenvalue weighted by Gasteiger charge is 2.19. The number of fused-ring (bicyclic) bond motifs is 1. The molecule has 1 saturated carbocycles. The fourth-order valence-corrected chi connectivity index (χ4v) is 2.89. The molecule has 0 amide bonds. The molecule has 1 N–H and O–H groups in total. The smallest absolute Gasteiger partial charge is 0.178 e. The molecule has 1 fully saturated rings. The molecule has 0 bridgehead atoms. The van der Waals surface area contributed by atoms with Crippen molar-refractivity contribution in [3.05, 3.63) is 27.2 Å². The van der Waals surface area contributed by atoms with E-state index in [0.717, 1.165) is 17.6 Å². The third-order valence-electron chi connectivity index (χ3n) is 3.48. The van der Waals surface area contributed by atoms with Gasteiger partial charge in [-0.15, -0.1) is 0 Å². The van der Waals surface area contributed by atoms with Crippen molar-refractivity contribution in [2.45, 2.75) is 25.8 Å². The first-order valence-electron chi connectivity index (χ1n) is 5.72. The van der Waals surface area contributed by atoms with Crippen LogP contribution in [0.3, 0.4) is 0 Å². The standard InChI is InChI=1S/C12H12BrFN2S/c13-8-4-10-11(5-9(8)14)16(12(17)15-10)6-7-2-1-3-7/h4-5,7H,1-3,6H2,(H,15,17). The van der Waals surface area contributed by atoms with Gasteiger partial charge in [-0.05, 0) is 53.0 Å². The summed E-state index contributed by atoms with van der Waals surface area (Å²) in [6.07, 6.45) is 3.82. The molecule has 2 nitrogen and oxygen atoms in total. The van der Waals surface area contributed by atoms with Crippen molar-refractivity contribution in [3.8, 4) is 0 Å². The van der Waals surface area contributed by atoms with Crippen molar-refractivity contribution in [2.75, 3.05) is 0 Å². The van der Waals surface area contributed by atoms with Crippen LogP contribution >= 0.6 is 28.1 Å². The Hall–Kier alpha value is -0.680. The molecule has 0 saturated heterocycles. The predicted octanol–water partition coefficient (Wildman–Crippen LogP) is 4.40. The molecule has 1 heterocycles. The van der Waals surface area contributed by atoms with Crippen LogP contribution in [0.2, 0.25) is 0 Å². The third kappa shape index (κ3) is 1.95. The van der Waals surface area contributed by atoms with E-state index in [9.17, 15) is 4.39 Å². The summed E-state index contributed by atoms with van der Waals surface area (Å²) in [6.45, 7) is 0.903. The monoisotopic (exact) mass is 314 g/mol. The topological polar surface area (TPSA) is 20.7 Å². The van der Waals surface area contributed by atoms with Crippen LogP contribution in [0.15, 0.2) is 16.6 Å². The molecule has 1 aromatic heterocycles. The largest absolute Gasteiger partial charge is 0.331 e. The van der Waals surface area contributed by atoms with Crippen LogP contribution < -0.4 is 0 Å². The van der Waals surface area contributed by atoms with Crippen LogP contribution in [0.4, 0.5) is 4.39 Å². The molecule has 0 radical (unpaired) electrons. The SMILES string of the molecule is Fc1cc2c(cc1Br)[nH]c(=S)n2CC1CCC1. The first-order valence-corrected chi connectivity index (χ1v) is 6.93. The second-order valence-electron chi connectivity index (χ2n) is 4.62. The Morgan fingerprint density at radius 2 is 2.24 bits per heavy atom. The highest BCUT2D eigenvalue weighted by molar-refractivity contribution is 9.10. The number of benzene rings is 1. The lowest BCUT2D eigenvalue weighted by Gasteiger charge is -2.25. The minimum absolute atomic E-state index is 0.242. The fourth-order valence-electron chi connectivity index (χ4n) is 2.27. The van der Waals surface area contributed by atoms with E-state index in [2.05, 4.69) is 20.9 Å². The molecular weight excluding hydrogens is 303 g/mol. The highest BCUT2D eigenvalue weighted by Crippen LogP contribution is 2.30. The van der Waals surface area contributed by atoms with E-state index in [1.54, 1.807) is 12.1 Å². The van der Waals surface area contributed by atoms with Gasteiger partial charge in [-0.2, -0.15) is 0 Å². The summed E-state index contributed by atoms with van der Waals surface area (Å²) in [4.78, 5) is 3.13.